The highest BCUT2D eigenvalue weighted by molar-refractivity contribution is 5.09. The van der Waals surface area contributed by atoms with E-state index in [1.807, 2.05) is 33.8 Å². The standard InChI is InChI=1S/C10H19NO2/c1-9(2)6-8(13-5)7-10(3,4)11(9)12/h6,11H,7H2,1-5H3. The van der Waals surface area contributed by atoms with Gasteiger partial charge in [0.25, 0.3) is 0 Å². The first kappa shape index (κ1) is 10.5. The largest absolute Gasteiger partial charge is 0.633 e. The lowest BCUT2D eigenvalue weighted by atomic mass is 9.86. The van der Waals surface area contributed by atoms with Crippen LogP contribution < -0.4 is 5.06 Å². The Bertz CT molecular complexity index is 231. The average Bonchev–Trinajstić information content (AvgIpc) is 1.99. The third-order valence-corrected chi connectivity index (χ3v) is 2.60. The molecule has 0 aliphatic carbocycles. The summed E-state index contributed by atoms with van der Waals surface area (Å²) < 4.78 is 5.22. The van der Waals surface area contributed by atoms with E-state index in [1.165, 1.54) is 0 Å². The van der Waals surface area contributed by atoms with E-state index in [0.717, 1.165) is 5.76 Å². The van der Waals surface area contributed by atoms with E-state index in [2.05, 4.69) is 0 Å². The van der Waals surface area contributed by atoms with Gasteiger partial charge in [-0.25, -0.2) is 0 Å². The second-order valence-corrected chi connectivity index (χ2v) is 4.93. The van der Waals surface area contributed by atoms with E-state index >= 15 is 0 Å². The van der Waals surface area contributed by atoms with Gasteiger partial charge in [-0.3, -0.25) is 0 Å². The summed E-state index contributed by atoms with van der Waals surface area (Å²) >= 11 is 0. The summed E-state index contributed by atoms with van der Waals surface area (Å²) in [7, 11) is 1.66. The molecule has 0 bridgehead atoms. The Morgan fingerprint density at radius 3 is 2.31 bits per heavy atom. The van der Waals surface area contributed by atoms with Crippen LogP contribution in [0.4, 0.5) is 0 Å². The molecule has 0 amide bonds. The van der Waals surface area contributed by atoms with Gasteiger partial charge >= 0.3 is 0 Å². The monoisotopic (exact) mass is 185 g/mol. The molecule has 0 aromatic rings. The van der Waals surface area contributed by atoms with Gasteiger partial charge in [0.05, 0.1) is 19.1 Å². The zero-order chi connectivity index (χ0) is 10.3. The van der Waals surface area contributed by atoms with Crippen molar-refractivity contribution in [2.45, 2.75) is 45.2 Å². The Balaban J connectivity index is 3.01. The third-order valence-electron chi connectivity index (χ3n) is 2.60. The van der Waals surface area contributed by atoms with Gasteiger partial charge in [0.2, 0.25) is 0 Å². The Kier molecular flexibility index (Phi) is 2.43. The fourth-order valence-electron chi connectivity index (χ4n) is 2.04. The van der Waals surface area contributed by atoms with Crippen LogP contribution in [0, 0.1) is 5.21 Å². The van der Waals surface area contributed by atoms with E-state index in [4.69, 9.17) is 4.74 Å². The normalized spacial score (nSPS) is 30.9. The third kappa shape index (κ3) is 1.86. The summed E-state index contributed by atoms with van der Waals surface area (Å²) in [6, 6.07) is 0. The second-order valence-electron chi connectivity index (χ2n) is 4.93. The van der Waals surface area contributed by atoms with Crippen molar-refractivity contribution in [3.05, 3.63) is 17.0 Å². The summed E-state index contributed by atoms with van der Waals surface area (Å²) in [6.07, 6.45) is 2.65. The fourth-order valence-corrected chi connectivity index (χ4v) is 2.04. The van der Waals surface area contributed by atoms with Crippen molar-refractivity contribution in [1.29, 1.82) is 0 Å². The van der Waals surface area contributed by atoms with Crippen molar-refractivity contribution >= 4 is 0 Å². The van der Waals surface area contributed by atoms with Crippen LogP contribution in [0.25, 0.3) is 0 Å². The second kappa shape index (κ2) is 3.00. The molecule has 1 aliphatic rings. The van der Waals surface area contributed by atoms with Crippen LogP contribution in [-0.4, -0.2) is 18.2 Å². The van der Waals surface area contributed by atoms with E-state index in [1.54, 1.807) is 7.11 Å². The van der Waals surface area contributed by atoms with Crippen molar-refractivity contribution in [1.82, 2.24) is 0 Å². The molecule has 0 fully saturated rings. The molecule has 1 atom stereocenters. The van der Waals surface area contributed by atoms with E-state index < -0.39 is 0 Å². The molecule has 0 radical (unpaired) electrons. The number of quaternary nitrogens is 1. The van der Waals surface area contributed by atoms with E-state index in [0.29, 0.717) is 11.5 Å². The highest BCUT2D eigenvalue weighted by Gasteiger charge is 2.40. The fraction of sp³-hybridized carbons (Fsp3) is 0.800. The lowest BCUT2D eigenvalue weighted by Crippen LogP contribution is -3.22. The SMILES string of the molecule is COC1=CC(C)(C)[NH+]([O-])C(C)(C)C1. The molecule has 1 N–H and O–H groups in total. The molecule has 0 aromatic heterocycles. The zero-order valence-electron chi connectivity index (χ0n) is 9.10. The number of rotatable bonds is 1. The van der Waals surface area contributed by atoms with E-state index in [-0.39, 0.29) is 11.1 Å². The summed E-state index contributed by atoms with van der Waals surface area (Å²) in [6.45, 7) is 7.83. The number of hydrogen-bond acceptors (Lipinski definition) is 2. The lowest BCUT2D eigenvalue weighted by Gasteiger charge is -2.50. The molecule has 0 spiro atoms. The number of methoxy groups -OCH3 is 1. The van der Waals surface area contributed by atoms with Crippen molar-refractivity contribution in [3.63, 3.8) is 0 Å². The van der Waals surface area contributed by atoms with Crippen LogP contribution in [0.3, 0.4) is 0 Å². The van der Waals surface area contributed by atoms with Crippen LogP contribution >= 0.6 is 0 Å². The van der Waals surface area contributed by atoms with Crippen LogP contribution in [0.5, 0.6) is 0 Å². The Morgan fingerprint density at radius 2 is 1.92 bits per heavy atom. The molecule has 0 aromatic carbocycles. The van der Waals surface area contributed by atoms with Gasteiger partial charge in [-0.05, 0) is 27.7 Å². The molecule has 0 saturated carbocycles. The van der Waals surface area contributed by atoms with Gasteiger partial charge in [0.1, 0.15) is 11.3 Å². The van der Waals surface area contributed by atoms with Crippen molar-refractivity contribution < 1.29 is 9.80 Å². The maximum absolute atomic E-state index is 11.9. The molecular formula is C10H19NO2. The molecule has 3 heteroatoms. The molecule has 1 unspecified atom stereocenters. The molecule has 0 saturated heterocycles. The Labute approximate surface area is 79.9 Å². The van der Waals surface area contributed by atoms with Crippen molar-refractivity contribution in [2.24, 2.45) is 0 Å². The topological polar surface area (TPSA) is 36.7 Å². The van der Waals surface area contributed by atoms with Gasteiger partial charge in [0.15, 0.2) is 0 Å². The molecule has 3 nitrogen and oxygen atoms in total. The lowest BCUT2D eigenvalue weighted by molar-refractivity contribution is -0.943. The molecule has 1 rings (SSSR count). The number of ether oxygens (including phenoxy) is 1. The molecular weight excluding hydrogens is 166 g/mol. The molecule has 76 valence electrons. The van der Waals surface area contributed by atoms with Gasteiger partial charge < -0.3 is 15.0 Å². The quantitative estimate of drug-likeness (QED) is 0.615. The van der Waals surface area contributed by atoms with Crippen molar-refractivity contribution in [3.8, 4) is 0 Å². The zero-order valence-corrected chi connectivity index (χ0v) is 9.10. The molecule has 13 heavy (non-hydrogen) atoms. The van der Waals surface area contributed by atoms with E-state index in [9.17, 15) is 5.21 Å². The molecule has 1 heterocycles. The Morgan fingerprint density at radius 1 is 1.38 bits per heavy atom. The Hall–Kier alpha value is -0.540. The minimum atomic E-state index is -0.382. The molecule has 1 aliphatic heterocycles. The highest BCUT2D eigenvalue weighted by atomic mass is 16.5. The van der Waals surface area contributed by atoms with Crippen LogP contribution in [0.2, 0.25) is 0 Å². The summed E-state index contributed by atoms with van der Waals surface area (Å²) in [4.78, 5) is 0. The first-order valence-electron chi connectivity index (χ1n) is 4.60. The number of nitrogens with one attached hydrogen (secondary N) is 1. The summed E-state index contributed by atoms with van der Waals surface area (Å²) in [5.74, 6) is 0.926. The van der Waals surface area contributed by atoms with Crippen molar-refractivity contribution in [2.75, 3.05) is 7.11 Å². The average molecular weight is 185 g/mol. The minimum absolute atomic E-state index is 0.288. The first-order valence-corrected chi connectivity index (χ1v) is 4.60. The number of hydroxylamine groups is 2. The predicted octanol–water partition coefficient (Wildman–Crippen LogP) is 0.860. The summed E-state index contributed by atoms with van der Waals surface area (Å²) in [5.41, 5.74) is -0.670. The highest BCUT2D eigenvalue weighted by Crippen LogP contribution is 2.22. The number of hydrogen-bond donors (Lipinski definition) is 1. The minimum Gasteiger partial charge on any atom is -0.633 e. The van der Waals surface area contributed by atoms with Crippen LogP contribution in [-0.2, 0) is 4.74 Å². The smallest absolute Gasteiger partial charge is 0.114 e. The summed E-state index contributed by atoms with van der Waals surface area (Å²) in [5, 5.41) is 12.2. The van der Waals surface area contributed by atoms with Crippen LogP contribution in [0.1, 0.15) is 34.1 Å². The van der Waals surface area contributed by atoms with Crippen LogP contribution in [0.15, 0.2) is 11.8 Å². The van der Waals surface area contributed by atoms with Gasteiger partial charge in [-0.2, -0.15) is 0 Å². The van der Waals surface area contributed by atoms with Gasteiger partial charge in [0, 0.05) is 6.08 Å². The maximum atomic E-state index is 11.9. The maximum Gasteiger partial charge on any atom is 0.114 e. The first-order chi connectivity index (χ1) is 5.79. The van der Waals surface area contributed by atoms with Gasteiger partial charge in [-0.15, -0.1) is 0 Å². The van der Waals surface area contributed by atoms with Gasteiger partial charge in [-0.1, -0.05) is 0 Å². The predicted molar refractivity (Wildman–Crippen MR) is 52.2 cm³/mol.